The number of fused-ring (bicyclic) bond motifs is 2. The normalized spacial score (nSPS) is 33.9. The van der Waals surface area contributed by atoms with Gasteiger partial charge in [-0.2, -0.15) is 0 Å². The maximum Gasteiger partial charge on any atom is 0.167 e. The van der Waals surface area contributed by atoms with Crippen LogP contribution in [0.3, 0.4) is 0 Å². The molecule has 1 saturated carbocycles. The number of aliphatic hydroxyl groups excluding tert-OH is 1. The molecule has 2 rings (SSSR count). The summed E-state index contributed by atoms with van der Waals surface area (Å²) in [5, 5.41) is 10.3. The van der Waals surface area contributed by atoms with Gasteiger partial charge in [-0.3, -0.25) is 4.79 Å². The Morgan fingerprint density at radius 3 is 2.47 bits per heavy atom. The highest BCUT2D eigenvalue weighted by Crippen LogP contribution is 2.36. The van der Waals surface area contributed by atoms with Crippen molar-refractivity contribution < 1.29 is 9.90 Å². The van der Waals surface area contributed by atoms with E-state index >= 15 is 0 Å². The largest absolute Gasteiger partial charge is 0.388 e. The molecule has 0 aliphatic heterocycles. The molecule has 19 heavy (non-hydrogen) atoms. The lowest BCUT2D eigenvalue weighted by Crippen LogP contribution is -2.39. The molecular formula is C17H26O2. The molecule has 2 aliphatic rings. The molecule has 0 aromatic heterocycles. The van der Waals surface area contributed by atoms with Crippen LogP contribution in [0.4, 0.5) is 0 Å². The molecule has 1 fully saturated rings. The summed E-state index contributed by atoms with van der Waals surface area (Å²) in [5.41, 5.74) is 0.300. The SMILES string of the molecule is C[C@@]12CCCCCCCCCC(=CC=C[C@@H]1O)C2=O. The summed E-state index contributed by atoms with van der Waals surface area (Å²) in [6, 6.07) is 0. The van der Waals surface area contributed by atoms with Crippen molar-refractivity contribution in [1.29, 1.82) is 0 Å². The summed E-state index contributed by atoms with van der Waals surface area (Å²) >= 11 is 0. The topological polar surface area (TPSA) is 37.3 Å². The standard InChI is InChI=1S/C17H26O2/c1-17-13-8-6-4-2-3-5-7-10-14(16(17)19)11-9-12-15(17)18/h9,11-12,15,18H,2-8,10,13H2,1H3/t15-,17+/m0/s1. The Morgan fingerprint density at radius 2 is 1.74 bits per heavy atom. The summed E-state index contributed by atoms with van der Waals surface area (Å²) in [5.74, 6) is 0.172. The second kappa shape index (κ2) is 6.51. The van der Waals surface area contributed by atoms with Crippen molar-refractivity contribution in [3.8, 4) is 0 Å². The van der Waals surface area contributed by atoms with Crippen LogP contribution in [0.15, 0.2) is 23.8 Å². The molecule has 0 aromatic carbocycles. The van der Waals surface area contributed by atoms with E-state index in [1.54, 1.807) is 6.08 Å². The fourth-order valence-electron chi connectivity index (χ4n) is 3.22. The zero-order valence-electron chi connectivity index (χ0n) is 12.0. The van der Waals surface area contributed by atoms with Crippen molar-refractivity contribution in [2.75, 3.05) is 0 Å². The number of ketones is 1. The van der Waals surface area contributed by atoms with Crippen LogP contribution in [0.25, 0.3) is 0 Å². The third-order valence-corrected chi connectivity index (χ3v) is 4.70. The van der Waals surface area contributed by atoms with E-state index in [2.05, 4.69) is 0 Å². The molecule has 0 unspecified atom stereocenters. The van der Waals surface area contributed by atoms with Gasteiger partial charge >= 0.3 is 0 Å². The van der Waals surface area contributed by atoms with Crippen LogP contribution in [0.1, 0.15) is 64.7 Å². The number of carbonyl (C=O) groups is 1. The van der Waals surface area contributed by atoms with Crippen molar-refractivity contribution in [1.82, 2.24) is 0 Å². The summed E-state index contributed by atoms with van der Waals surface area (Å²) in [4.78, 5) is 12.7. The van der Waals surface area contributed by atoms with Crippen LogP contribution in [0, 0.1) is 5.41 Å². The van der Waals surface area contributed by atoms with Gasteiger partial charge in [0.25, 0.3) is 0 Å². The first-order chi connectivity index (χ1) is 9.14. The molecule has 0 amide bonds. The lowest BCUT2D eigenvalue weighted by molar-refractivity contribution is -0.129. The molecule has 0 aromatic rings. The van der Waals surface area contributed by atoms with Crippen LogP contribution in [0.2, 0.25) is 0 Å². The number of aliphatic hydroxyl groups is 1. The molecule has 106 valence electrons. The smallest absolute Gasteiger partial charge is 0.167 e. The molecule has 2 bridgehead atoms. The number of carbonyl (C=O) groups excluding carboxylic acids is 1. The van der Waals surface area contributed by atoms with Gasteiger partial charge in [-0.05, 0) is 31.8 Å². The van der Waals surface area contributed by atoms with Gasteiger partial charge in [0.2, 0.25) is 0 Å². The van der Waals surface area contributed by atoms with E-state index in [0.717, 1.165) is 31.3 Å². The van der Waals surface area contributed by atoms with E-state index in [9.17, 15) is 9.90 Å². The summed E-state index contributed by atoms with van der Waals surface area (Å²) in [7, 11) is 0. The third kappa shape index (κ3) is 3.36. The highest BCUT2D eigenvalue weighted by Gasteiger charge is 2.40. The molecule has 0 saturated heterocycles. The third-order valence-electron chi connectivity index (χ3n) is 4.70. The van der Waals surface area contributed by atoms with Crippen LogP contribution in [-0.2, 0) is 4.79 Å². The van der Waals surface area contributed by atoms with Crippen LogP contribution >= 0.6 is 0 Å². The highest BCUT2D eigenvalue weighted by molar-refractivity contribution is 6.00. The Labute approximate surface area is 116 Å². The molecular weight excluding hydrogens is 236 g/mol. The molecule has 0 heterocycles. The molecule has 2 aliphatic carbocycles. The summed E-state index contributed by atoms with van der Waals surface area (Å²) < 4.78 is 0. The first-order valence-corrected chi connectivity index (χ1v) is 7.75. The minimum absolute atomic E-state index is 0.172. The summed E-state index contributed by atoms with van der Waals surface area (Å²) in [6.07, 6.45) is 15.0. The van der Waals surface area contributed by atoms with Gasteiger partial charge in [0.15, 0.2) is 5.78 Å². The first-order valence-electron chi connectivity index (χ1n) is 7.75. The lowest BCUT2D eigenvalue weighted by Gasteiger charge is -2.32. The van der Waals surface area contributed by atoms with Crippen molar-refractivity contribution in [3.63, 3.8) is 0 Å². The second-order valence-corrected chi connectivity index (χ2v) is 6.24. The highest BCUT2D eigenvalue weighted by atomic mass is 16.3. The van der Waals surface area contributed by atoms with E-state index in [0.29, 0.717) is 0 Å². The first kappa shape index (κ1) is 14.5. The van der Waals surface area contributed by atoms with Gasteiger partial charge in [-0.1, -0.05) is 56.8 Å². The van der Waals surface area contributed by atoms with Gasteiger partial charge in [0.05, 0.1) is 11.5 Å². The van der Waals surface area contributed by atoms with E-state index in [4.69, 9.17) is 0 Å². The molecule has 2 heteroatoms. The van der Waals surface area contributed by atoms with Crippen LogP contribution in [-0.4, -0.2) is 17.0 Å². The predicted octanol–water partition coefficient (Wildman–Crippen LogP) is 3.94. The van der Waals surface area contributed by atoms with Gasteiger partial charge in [-0.25, -0.2) is 0 Å². The summed E-state index contributed by atoms with van der Waals surface area (Å²) in [6.45, 7) is 1.94. The van der Waals surface area contributed by atoms with Crippen molar-refractivity contribution >= 4 is 5.78 Å². The van der Waals surface area contributed by atoms with Gasteiger partial charge in [-0.15, -0.1) is 0 Å². The van der Waals surface area contributed by atoms with Gasteiger partial charge < -0.3 is 5.11 Å². The number of Topliss-reactive ketones (excluding diaryl/α,β-unsaturated/α-hetero) is 1. The number of rotatable bonds is 0. The van der Waals surface area contributed by atoms with E-state index in [1.165, 1.54) is 32.1 Å². The lowest BCUT2D eigenvalue weighted by atomic mass is 9.73. The Balaban J connectivity index is 2.21. The van der Waals surface area contributed by atoms with E-state index in [1.807, 2.05) is 19.1 Å². The minimum atomic E-state index is -0.642. The molecule has 2 nitrogen and oxygen atoms in total. The van der Waals surface area contributed by atoms with Crippen molar-refractivity contribution in [3.05, 3.63) is 23.8 Å². The zero-order valence-corrected chi connectivity index (χ0v) is 12.0. The fraction of sp³-hybridized carbons (Fsp3) is 0.706. The Hall–Kier alpha value is -0.890. The van der Waals surface area contributed by atoms with Crippen molar-refractivity contribution in [2.24, 2.45) is 5.41 Å². The quantitative estimate of drug-likeness (QED) is 0.718. The number of hydrogen-bond acceptors (Lipinski definition) is 2. The predicted molar refractivity (Wildman–Crippen MR) is 77.9 cm³/mol. The zero-order chi connectivity index (χ0) is 13.7. The van der Waals surface area contributed by atoms with E-state index < -0.39 is 11.5 Å². The molecule has 0 radical (unpaired) electrons. The number of hydrogen-bond donors (Lipinski definition) is 1. The molecule has 0 spiro atoms. The van der Waals surface area contributed by atoms with Crippen LogP contribution < -0.4 is 0 Å². The van der Waals surface area contributed by atoms with Crippen molar-refractivity contribution in [2.45, 2.75) is 70.8 Å². The maximum atomic E-state index is 12.7. The average Bonchev–Trinajstić information content (AvgIpc) is 2.49. The van der Waals surface area contributed by atoms with E-state index in [-0.39, 0.29) is 5.78 Å². The molecule has 2 atom stereocenters. The second-order valence-electron chi connectivity index (χ2n) is 6.24. The maximum absolute atomic E-state index is 12.7. The minimum Gasteiger partial charge on any atom is -0.388 e. The number of allylic oxidation sites excluding steroid dienone is 3. The van der Waals surface area contributed by atoms with Crippen LogP contribution in [0.5, 0.6) is 0 Å². The fourth-order valence-corrected chi connectivity index (χ4v) is 3.22. The Morgan fingerprint density at radius 1 is 1.11 bits per heavy atom. The van der Waals surface area contributed by atoms with Gasteiger partial charge in [0.1, 0.15) is 0 Å². The monoisotopic (exact) mass is 262 g/mol. The Bertz CT molecular complexity index is 381. The Kier molecular flexibility index (Phi) is 4.98. The van der Waals surface area contributed by atoms with Gasteiger partial charge in [0, 0.05) is 0 Å². The molecule has 1 N–H and O–H groups in total. The average molecular weight is 262 g/mol.